The molecule has 0 bridgehead atoms. The van der Waals surface area contributed by atoms with Crippen LogP contribution in [-0.2, 0) is 24.3 Å². The van der Waals surface area contributed by atoms with Crippen LogP contribution in [0, 0.1) is 0 Å². The Hall–Kier alpha value is -2.12. The summed E-state index contributed by atoms with van der Waals surface area (Å²) in [7, 11) is 0. The highest BCUT2D eigenvalue weighted by Crippen LogP contribution is 2.15. The number of unbranched alkanes of at least 4 members (excludes halogenated alkanes) is 1. The molecule has 0 spiro atoms. The summed E-state index contributed by atoms with van der Waals surface area (Å²) in [6, 6.07) is 6.84. The molecule has 1 aromatic rings. The van der Waals surface area contributed by atoms with E-state index < -0.39 is 12.1 Å². The van der Waals surface area contributed by atoms with Gasteiger partial charge in [-0.2, -0.15) is 0 Å². The van der Waals surface area contributed by atoms with Crippen LogP contribution in [-0.4, -0.2) is 31.9 Å². The molecule has 1 rings (SSSR count). The highest BCUT2D eigenvalue weighted by atomic mass is 17.5. The quantitative estimate of drug-likeness (QED) is 0.277. The summed E-state index contributed by atoms with van der Waals surface area (Å²) in [5.41, 5.74) is 1.37. The molecule has 0 N–H and O–H groups in total. The maximum atomic E-state index is 11.7. The normalized spacial score (nSPS) is 10.5. The number of hydrogen-bond donors (Lipinski definition) is 0. The predicted octanol–water partition coefficient (Wildman–Crippen LogP) is 3.78. The SMILES string of the molecule is CCCCOCCOC(=O)OOOC(=O)c1ccc(C(C)C)cc1. The maximum Gasteiger partial charge on any atom is 0.543 e. The minimum absolute atomic E-state index is 0.0243. The van der Waals surface area contributed by atoms with Gasteiger partial charge < -0.3 is 9.47 Å². The molecule has 0 unspecified atom stereocenters. The number of carbonyl (C=O) groups is 2. The number of rotatable bonds is 10. The second-order valence-corrected chi connectivity index (χ2v) is 5.36. The standard InChI is InChI=1S/C17H24O7/c1-4-5-10-20-11-12-21-17(19)23-24-22-16(18)15-8-6-14(7-9-15)13(2)3/h6-9,13H,4-5,10-12H2,1-3H3. The first kappa shape index (κ1) is 19.9. The van der Waals surface area contributed by atoms with Crippen molar-refractivity contribution in [2.75, 3.05) is 19.8 Å². The predicted molar refractivity (Wildman–Crippen MR) is 85.2 cm³/mol. The molecule has 0 heterocycles. The molecular weight excluding hydrogens is 316 g/mol. The molecule has 0 saturated heterocycles. The molecule has 0 aromatic heterocycles. The van der Waals surface area contributed by atoms with Gasteiger partial charge in [-0.25, -0.2) is 14.5 Å². The van der Waals surface area contributed by atoms with E-state index >= 15 is 0 Å². The molecule has 0 radical (unpaired) electrons. The van der Waals surface area contributed by atoms with Gasteiger partial charge in [0.15, 0.2) is 0 Å². The highest BCUT2D eigenvalue weighted by molar-refractivity contribution is 5.88. The van der Waals surface area contributed by atoms with Gasteiger partial charge in [0.2, 0.25) is 0 Å². The van der Waals surface area contributed by atoms with E-state index in [-0.39, 0.29) is 18.8 Å². The molecular formula is C17H24O7. The molecule has 0 aliphatic rings. The highest BCUT2D eigenvalue weighted by Gasteiger charge is 2.12. The smallest absolute Gasteiger partial charge is 0.430 e. The van der Waals surface area contributed by atoms with Crippen LogP contribution in [0.2, 0.25) is 0 Å². The van der Waals surface area contributed by atoms with E-state index in [0.29, 0.717) is 12.5 Å². The van der Waals surface area contributed by atoms with Crippen molar-refractivity contribution < 1.29 is 33.9 Å². The van der Waals surface area contributed by atoms with Gasteiger partial charge in [-0.3, -0.25) is 4.89 Å². The molecule has 7 nitrogen and oxygen atoms in total. The van der Waals surface area contributed by atoms with E-state index in [0.717, 1.165) is 18.4 Å². The van der Waals surface area contributed by atoms with E-state index in [1.54, 1.807) is 12.1 Å². The van der Waals surface area contributed by atoms with Crippen molar-refractivity contribution in [2.24, 2.45) is 0 Å². The van der Waals surface area contributed by atoms with Crippen LogP contribution in [0.25, 0.3) is 0 Å². The molecule has 7 heteroatoms. The van der Waals surface area contributed by atoms with Crippen molar-refractivity contribution in [1.29, 1.82) is 0 Å². The van der Waals surface area contributed by atoms with Crippen molar-refractivity contribution in [3.63, 3.8) is 0 Å². The van der Waals surface area contributed by atoms with E-state index in [1.165, 1.54) is 0 Å². The lowest BCUT2D eigenvalue weighted by Gasteiger charge is -2.06. The average molecular weight is 340 g/mol. The van der Waals surface area contributed by atoms with Gasteiger partial charge in [0, 0.05) is 6.61 Å². The number of benzene rings is 1. The number of ether oxygens (including phenoxy) is 2. The third kappa shape index (κ3) is 7.94. The van der Waals surface area contributed by atoms with Crippen molar-refractivity contribution >= 4 is 12.1 Å². The Labute approximate surface area is 141 Å². The topological polar surface area (TPSA) is 80.3 Å². The zero-order valence-electron chi connectivity index (χ0n) is 14.3. The van der Waals surface area contributed by atoms with Gasteiger partial charge in [-0.05, 0) is 30.0 Å². The van der Waals surface area contributed by atoms with Gasteiger partial charge in [-0.15, -0.1) is 0 Å². The van der Waals surface area contributed by atoms with Gasteiger partial charge in [-0.1, -0.05) is 39.3 Å². The first-order valence-corrected chi connectivity index (χ1v) is 7.94. The fourth-order valence-corrected chi connectivity index (χ4v) is 1.68. The van der Waals surface area contributed by atoms with Crippen molar-refractivity contribution in [3.8, 4) is 0 Å². The first-order chi connectivity index (χ1) is 11.5. The summed E-state index contributed by atoms with van der Waals surface area (Å²) >= 11 is 0. The molecule has 0 atom stereocenters. The Kier molecular flexibility index (Phi) is 9.48. The third-order valence-corrected chi connectivity index (χ3v) is 3.11. The molecule has 134 valence electrons. The number of carbonyl (C=O) groups excluding carboxylic acids is 2. The van der Waals surface area contributed by atoms with E-state index in [2.05, 4.69) is 26.5 Å². The van der Waals surface area contributed by atoms with Crippen molar-refractivity contribution in [3.05, 3.63) is 35.4 Å². The summed E-state index contributed by atoms with van der Waals surface area (Å²) in [6.45, 7) is 7.04. The lowest BCUT2D eigenvalue weighted by molar-refractivity contribution is -0.452. The van der Waals surface area contributed by atoms with Gasteiger partial charge in [0.1, 0.15) is 6.61 Å². The lowest BCUT2D eigenvalue weighted by Crippen LogP contribution is -2.14. The van der Waals surface area contributed by atoms with Crippen LogP contribution in [0.15, 0.2) is 24.3 Å². The molecule has 0 saturated carbocycles. The lowest BCUT2D eigenvalue weighted by atomic mass is 10.0. The molecule has 1 aromatic carbocycles. The molecule has 0 aliphatic heterocycles. The summed E-state index contributed by atoms with van der Waals surface area (Å²) < 4.78 is 9.84. The summed E-state index contributed by atoms with van der Waals surface area (Å²) in [5.74, 6) is -0.420. The molecule has 0 aliphatic carbocycles. The Morgan fingerprint density at radius 2 is 1.71 bits per heavy atom. The zero-order valence-corrected chi connectivity index (χ0v) is 14.3. The third-order valence-electron chi connectivity index (χ3n) is 3.11. The Morgan fingerprint density at radius 3 is 2.33 bits per heavy atom. The van der Waals surface area contributed by atoms with E-state index in [1.807, 2.05) is 26.0 Å². The Morgan fingerprint density at radius 1 is 1.00 bits per heavy atom. The van der Waals surface area contributed by atoms with Crippen LogP contribution in [0.4, 0.5) is 4.79 Å². The second-order valence-electron chi connectivity index (χ2n) is 5.36. The number of hydrogen-bond acceptors (Lipinski definition) is 7. The molecule has 0 amide bonds. The van der Waals surface area contributed by atoms with Crippen molar-refractivity contribution in [1.82, 2.24) is 0 Å². The van der Waals surface area contributed by atoms with Gasteiger partial charge >= 0.3 is 12.1 Å². The van der Waals surface area contributed by atoms with Crippen LogP contribution < -0.4 is 0 Å². The van der Waals surface area contributed by atoms with Gasteiger partial charge in [0.05, 0.1) is 17.2 Å². The summed E-state index contributed by atoms with van der Waals surface area (Å²) in [4.78, 5) is 31.4. The van der Waals surface area contributed by atoms with Crippen LogP contribution >= 0.6 is 0 Å². The zero-order chi connectivity index (χ0) is 17.8. The van der Waals surface area contributed by atoms with E-state index in [4.69, 9.17) is 4.74 Å². The average Bonchev–Trinajstić information content (AvgIpc) is 2.58. The van der Waals surface area contributed by atoms with Gasteiger partial charge in [0.25, 0.3) is 0 Å². The fraction of sp³-hybridized carbons (Fsp3) is 0.529. The largest absolute Gasteiger partial charge is 0.543 e. The molecule has 24 heavy (non-hydrogen) atoms. The van der Waals surface area contributed by atoms with E-state index in [9.17, 15) is 9.59 Å². The minimum Gasteiger partial charge on any atom is -0.430 e. The monoisotopic (exact) mass is 340 g/mol. The van der Waals surface area contributed by atoms with Crippen LogP contribution in [0.3, 0.4) is 0 Å². The van der Waals surface area contributed by atoms with Crippen molar-refractivity contribution in [2.45, 2.75) is 39.5 Å². The molecule has 0 fully saturated rings. The first-order valence-electron chi connectivity index (χ1n) is 7.94. The minimum atomic E-state index is -1.11. The second kappa shape index (κ2) is 11.4. The summed E-state index contributed by atoms with van der Waals surface area (Å²) in [6.07, 6.45) is 0.862. The Balaban J connectivity index is 2.17. The Bertz CT molecular complexity index is 496. The summed E-state index contributed by atoms with van der Waals surface area (Å²) in [5, 5.41) is 4.12. The van der Waals surface area contributed by atoms with Crippen LogP contribution in [0.1, 0.15) is 55.5 Å². The fourth-order valence-electron chi connectivity index (χ4n) is 1.68. The van der Waals surface area contributed by atoms with Crippen LogP contribution in [0.5, 0.6) is 0 Å². The maximum absolute atomic E-state index is 11.7.